The number of carbonyl (C=O) groups excluding carboxylic acids is 2. The van der Waals surface area contributed by atoms with Crippen LogP contribution in [0.25, 0.3) is 6.08 Å². The number of rotatable bonds is 7. The smallest absolute Gasteiger partial charge is 0.293 e. The minimum Gasteiger partial charge on any atom is -0.493 e. The van der Waals surface area contributed by atoms with Crippen LogP contribution in [-0.2, 0) is 11.2 Å². The van der Waals surface area contributed by atoms with E-state index in [1.165, 1.54) is 32.4 Å². The molecule has 0 bridgehead atoms. The van der Waals surface area contributed by atoms with Gasteiger partial charge >= 0.3 is 0 Å². The number of thioether (sulfide) groups is 1. The van der Waals surface area contributed by atoms with Gasteiger partial charge in [-0.25, -0.2) is 0 Å². The molecule has 0 radical (unpaired) electrons. The largest absolute Gasteiger partial charge is 0.493 e. The zero-order valence-electron chi connectivity index (χ0n) is 15.8. The third-order valence-corrected chi connectivity index (χ3v) is 5.26. The Kier molecular flexibility index (Phi) is 6.18. The number of nitro groups is 1. The van der Waals surface area contributed by atoms with Crippen LogP contribution in [0.4, 0.5) is 10.5 Å². The van der Waals surface area contributed by atoms with Crippen LogP contribution in [0, 0.1) is 10.1 Å². The Labute approximate surface area is 171 Å². The van der Waals surface area contributed by atoms with E-state index in [0.717, 1.165) is 22.2 Å². The van der Waals surface area contributed by atoms with Crippen molar-refractivity contribution in [2.45, 2.75) is 6.42 Å². The third-order valence-electron chi connectivity index (χ3n) is 4.36. The van der Waals surface area contributed by atoms with E-state index in [9.17, 15) is 19.7 Å². The molecule has 150 valence electrons. The van der Waals surface area contributed by atoms with Crippen LogP contribution in [0.5, 0.6) is 11.5 Å². The zero-order chi connectivity index (χ0) is 21.0. The fraction of sp³-hybridized carbons (Fsp3) is 0.200. The molecule has 2 aromatic rings. The second-order valence-corrected chi connectivity index (χ2v) is 7.09. The predicted molar refractivity (Wildman–Crippen MR) is 109 cm³/mol. The molecule has 0 aromatic heterocycles. The van der Waals surface area contributed by atoms with Gasteiger partial charge in [-0.2, -0.15) is 0 Å². The Morgan fingerprint density at radius 1 is 1.10 bits per heavy atom. The summed E-state index contributed by atoms with van der Waals surface area (Å²) < 4.78 is 10.3. The highest BCUT2D eigenvalue weighted by atomic mass is 32.2. The van der Waals surface area contributed by atoms with Crippen molar-refractivity contribution in [2.24, 2.45) is 0 Å². The summed E-state index contributed by atoms with van der Waals surface area (Å²) in [7, 11) is 2.78. The Balaban J connectivity index is 1.88. The maximum atomic E-state index is 12.7. The van der Waals surface area contributed by atoms with Crippen LogP contribution >= 0.6 is 11.8 Å². The van der Waals surface area contributed by atoms with Crippen molar-refractivity contribution in [2.75, 3.05) is 20.8 Å². The lowest BCUT2D eigenvalue weighted by molar-refractivity contribution is -0.385. The van der Waals surface area contributed by atoms with Gasteiger partial charge in [0, 0.05) is 6.54 Å². The van der Waals surface area contributed by atoms with Gasteiger partial charge in [-0.3, -0.25) is 24.6 Å². The van der Waals surface area contributed by atoms with Gasteiger partial charge < -0.3 is 9.47 Å². The first kappa shape index (κ1) is 20.4. The Hall–Kier alpha value is -3.33. The Bertz CT molecular complexity index is 990. The maximum Gasteiger partial charge on any atom is 0.293 e. The molecule has 0 aliphatic carbocycles. The number of methoxy groups -OCH3 is 2. The lowest BCUT2D eigenvalue weighted by Gasteiger charge is -2.12. The number of nitrogens with zero attached hydrogens (tertiary/aromatic N) is 2. The van der Waals surface area contributed by atoms with E-state index >= 15 is 0 Å². The van der Waals surface area contributed by atoms with Gasteiger partial charge in [0.15, 0.2) is 11.5 Å². The van der Waals surface area contributed by atoms with Crippen LogP contribution in [0.15, 0.2) is 47.4 Å². The number of imide groups is 1. The summed E-state index contributed by atoms with van der Waals surface area (Å²) in [6.45, 7) is 0.236. The standard InChI is InChI=1S/C20H18N2O6S/c1-27-16-10-14(15(22(25)26)12-17(16)28-2)11-18-19(23)21(20(24)29-18)9-8-13-6-4-3-5-7-13/h3-7,10-12H,8-9H2,1-2H3/b18-11-. The van der Waals surface area contributed by atoms with E-state index in [4.69, 9.17) is 9.47 Å². The second-order valence-electron chi connectivity index (χ2n) is 6.09. The zero-order valence-corrected chi connectivity index (χ0v) is 16.6. The monoisotopic (exact) mass is 414 g/mol. The van der Waals surface area contributed by atoms with Crippen LogP contribution < -0.4 is 9.47 Å². The third kappa shape index (κ3) is 4.40. The minimum absolute atomic E-state index is 0.124. The molecule has 1 heterocycles. The minimum atomic E-state index is -0.576. The fourth-order valence-electron chi connectivity index (χ4n) is 2.88. The quantitative estimate of drug-likeness (QED) is 0.385. The van der Waals surface area contributed by atoms with Gasteiger partial charge in [0.1, 0.15) is 0 Å². The van der Waals surface area contributed by atoms with Crippen molar-refractivity contribution in [1.82, 2.24) is 4.90 Å². The molecule has 0 N–H and O–H groups in total. The number of benzene rings is 2. The average Bonchev–Trinajstić information content (AvgIpc) is 2.99. The van der Waals surface area contributed by atoms with Crippen LogP contribution in [0.3, 0.4) is 0 Å². The van der Waals surface area contributed by atoms with Crippen molar-refractivity contribution in [1.29, 1.82) is 0 Å². The molecule has 0 spiro atoms. The van der Waals surface area contributed by atoms with Gasteiger partial charge in [-0.05, 0) is 35.9 Å². The average molecular weight is 414 g/mol. The number of nitro benzene ring substituents is 1. The molecular weight excluding hydrogens is 396 g/mol. The molecule has 1 saturated heterocycles. The number of amides is 2. The Morgan fingerprint density at radius 3 is 2.38 bits per heavy atom. The highest BCUT2D eigenvalue weighted by molar-refractivity contribution is 8.18. The molecule has 0 atom stereocenters. The van der Waals surface area contributed by atoms with Crippen LogP contribution in [-0.4, -0.2) is 41.7 Å². The van der Waals surface area contributed by atoms with Gasteiger partial charge in [0.05, 0.1) is 35.7 Å². The highest BCUT2D eigenvalue weighted by Crippen LogP contribution is 2.38. The van der Waals surface area contributed by atoms with Crippen molar-refractivity contribution < 1.29 is 24.0 Å². The molecule has 1 fully saturated rings. The Morgan fingerprint density at radius 2 is 1.76 bits per heavy atom. The predicted octanol–water partition coefficient (Wildman–Crippen LogP) is 3.89. The summed E-state index contributed by atoms with van der Waals surface area (Å²) in [5, 5.41) is 11.0. The molecule has 29 heavy (non-hydrogen) atoms. The summed E-state index contributed by atoms with van der Waals surface area (Å²) >= 11 is 0.759. The van der Waals surface area contributed by atoms with E-state index in [1.54, 1.807) is 0 Å². The molecule has 2 amide bonds. The molecule has 9 heteroatoms. The number of hydrogen-bond acceptors (Lipinski definition) is 7. The SMILES string of the molecule is COc1cc(/C=C2\SC(=O)N(CCc3ccccc3)C2=O)c([N+](=O)[O-])cc1OC. The van der Waals surface area contributed by atoms with Crippen molar-refractivity contribution in [3.8, 4) is 11.5 Å². The fourth-order valence-corrected chi connectivity index (χ4v) is 3.73. The van der Waals surface area contributed by atoms with Crippen molar-refractivity contribution in [3.05, 3.63) is 68.6 Å². The summed E-state index contributed by atoms with van der Waals surface area (Å²) in [4.78, 5) is 37.1. The lowest BCUT2D eigenvalue weighted by Crippen LogP contribution is -2.30. The van der Waals surface area contributed by atoms with Gasteiger partial charge in [0.2, 0.25) is 0 Å². The van der Waals surface area contributed by atoms with Crippen LogP contribution in [0.2, 0.25) is 0 Å². The number of hydrogen-bond donors (Lipinski definition) is 0. The van der Waals surface area contributed by atoms with E-state index in [1.807, 2.05) is 30.3 Å². The summed E-state index contributed by atoms with van der Waals surface area (Å²) in [5.74, 6) is 0.0139. The first-order valence-electron chi connectivity index (χ1n) is 8.64. The molecule has 0 saturated carbocycles. The van der Waals surface area contributed by atoms with Crippen molar-refractivity contribution in [3.63, 3.8) is 0 Å². The molecular formula is C20H18N2O6S. The summed E-state index contributed by atoms with van der Waals surface area (Å²) in [6, 6.07) is 12.1. The maximum absolute atomic E-state index is 12.7. The molecule has 3 rings (SSSR count). The first-order chi connectivity index (χ1) is 13.9. The van der Waals surface area contributed by atoms with Gasteiger partial charge in [0.25, 0.3) is 16.8 Å². The van der Waals surface area contributed by atoms with Gasteiger partial charge in [-0.1, -0.05) is 30.3 Å². The molecule has 8 nitrogen and oxygen atoms in total. The number of carbonyl (C=O) groups is 2. The second kappa shape index (κ2) is 8.78. The van der Waals surface area contributed by atoms with Crippen molar-refractivity contribution >= 4 is 34.7 Å². The highest BCUT2D eigenvalue weighted by Gasteiger charge is 2.35. The molecule has 2 aromatic carbocycles. The van der Waals surface area contributed by atoms with E-state index in [-0.39, 0.29) is 34.2 Å². The lowest BCUT2D eigenvalue weighted by atomic mass is 10.1. The molecule has 0 unspecified atom stereocenters. The first-order valence-corrected chi connectivity index (χ1v) is 9.46. The molecule has 1 aliphatic rings. The van der Waals surface area contributed by atoms with E-state index in [2.05, 4.69) is 0 Å². The summed E-state index contributed by atoms with van der Waals surface area (Å²) in [6.07, 6.45) is 1.87. The van der Waals surface area contributed by atoms with E-state index in [0.29, 0.717) is 6.42 Å². The molecule has 1 aliphatic heterocycles. The summed E-state index contributed by atoms with van der Waals surface area (Å²) in [5.41, 5.74) is 0.908. The van der Waals surface area contributed by atoms with E-state index < -0.39 is 16.1 Å². The van der Waals surface area contributed by atoms with Crippen LogP contribution in [0.1, 0.15) is 11.1 Å². The normalized spacial score (nSPS) is 15.1. The van der Waals surface area contributed by atoms with Gasteiger partial charge in [-0.15, -0.1) is 0 Å². The topological polar surface area (TPSA) is 99.0 Å². The number of ether oxygens (including phenoxy) is 2.